The lowest BCUT2D eigenvalue weighted by atomic mass is 9.97. The van der Waals surface area contributed by atoms with Gasteiger partial charge in [-0.2, -0.15) is 0 Å². The van der Waals surface area contributed by atoms with Gasteiger partial charge in [0, 0.05) is 39.9 Å². The van der Waals surface area contributed by atoms with Gasteiger partial charge in [0.05, 0.1) is 0 Å². The molecule has 1 unspecified atom stereocenters. The predicted molar refractivity (Wildman–Crippen MR) is 90.8 cm³/mol. The molecule has 1 aliphatic rings. The monoisotopic (exact) mass is 297 g/mol. The first-order valence-electron chi connectivity index (χ1n) is 8.69. The number of ether oxygens (including phenoxy) is 1. The van der Waals surface area contributed by atoms with Crippen molar-refractivity contribution in [3.63, 3.8) is 0 Å². The highest BCUT2D eigenvalue weighted by atomic mass is 16.5. The second-order valence-corrected chi connectivity index (χ2v) is 6.52. The number of nitrogens with one attached hydrogen (secondary N) is 1. The molecular weight excluding hydrogens is 262 g/mol. The molecule has 1 fully saturated rings. The Kier molecular flexibility index (Phi) is 9.48. The predicted octanol–water partition coefficient (Wildman–Crippen LogP) is 3.14. The van der Waals surface area contributed by atoms with Crippen LogP contribution in [0.4, 0.5) is 0 Å². The summed E-state index contributed by atoms with van der Waals surface area (Å²) in [5.74, 6) is 2.77. The van der Waals surface area contributed by atoms with Crippen molar-refractivity contribution in [2.45, 2.75) is 52.9 Å². The van der Waals surface area contributed by atoms with E-state index in [0.29, 0.717) is 0 Å². The average Bonchev–Trinajstić information content (AvgIpc) is 2.89. The van der Waals surface area contributed by atoms with Crippen LogP contribution in [0.1, 0.15) is 52.9 Å². The molecule has 21 heavy (non-hydrogen) atoms. The summed E-state index contributed by atoms with van der Waals surface area (Å²) in [5.41, 5.74) is 0. The molecule has 0 saturated carbocycles. The lowest BCUT2D eigenvalue weighted by Crippen LogP contribution is -2.40. The maximum Gasteiger partial charge on any atom is 0.193 e. The summed E-state index contributed by atoms with van der Waals surface area (Å²) in [7, 11) is 1.77. The van der Waals surface area contributed by atoms with Crippen molar-refractivity contribution in [2.24, 2.45) is 16.8 Å². The van der Waals surface area contributed by atoms with E-state index in [1.54, 1.807) is 7.11 Å². The molecule has 1 saturated heterocycles. The van der Waals surface area contributed by atoms with Crippen molar-refractivity contribution >= 4 is 5.96 Å². The maximum atomic E-state index is 5.08. The van der Waals surface area contributed by atoms with Gasteiger partial charge in [-0.1, -0.05) is 13.8 Å². The summed E-state index contributed by atoms with van der Waals surface area (Å²) in [6.07, 6.45) is 6.15. The van der Waals surface area contributed by atoms with E-state index in [4.69, 9.17) is 9.73 Å². The van der Waals surface area contributed by atoms with Crippen molar-refractivity contribution in [2.75, 3.05) is 39.9 Å². The van der Waals surface area contributed by atoms with Crippen LogP contribution in [0.2, 0.25) is 0 Å². The SMILES string of the molecule is CCNC(=NCCCCCOC)N1CCC(CC(C)C)C1. The number of hydrogen-bond acceptors (Lipinski definition) is 2. The summed E-state index contributed by atoms with van der Waals surface area (Å²) in [5, 5.41) is 3.45. The highest BCUT2D eigenvalue weighted by Gasteiger charge is 2.25. The van der Waals surface area contributed by atoms with E-state index in [2.05, 4.69) is 31.0 Å². The molecule has 0 aliphatic carbocycles. The van der Waals surface area contributed by atoms with Gasteiger partial charge in [0.1, 0.15) is 0 Å². The van der Waals surface area contributed by atoms with Gasteiger partial charge < -0.3 is 15.0 Å². The van der Waals surface area contributed by atoms with Gasteiger partial charge in [-0.05, 0) is 50.9 Å². The topological polar surface area (TPSA) is 36.9 Å². The Morgan fingerprint density at radius 2 is 2.14 bits per heavy atom. The van der Waals surface area contributed by atoms with E-state index in [1.165, 1.54) is 25.8 Å². The van der Waals surface area contributed by atoms with Gasteiger partial charge in [0.25, 0.3) is 0 Å². The van der Waals surface area contributed by atoms with Crippen LogP contribution in [0.15, 0.2) is 4.99 Å². The summed E-state index contributed by atoms with van der Waals surface area (Å²) in [6, 6.07) is 0. The van der Waals surface area contributed by atoms with Crippen LogP contribution in [-0.2, 0) is 4.74 Å². The molecule has 0 amide bonds. The minimum atomic E-state index is 0.801. The lowest BCUT2D eigenvalue weighted by molar-refractivity contribution is 0.192. The largest absolute Gasteiger partial charge is 0.385 e. The zero-order chi connectivity index (χ0) is 15.5. The van der Waals surface area contributed by atoms with Gasteiger partial charge in [-0.25, -0.2) is 0 Å². The van der Waals surface area contributed by atoms with E-state index in [9.17, 15) is 0 Å². The summed E-state index contributed by atoms with van der Waals surface area (Å²) in [4.78, 5) is 7.25. The fourth-order valence-electron chi connectivity index (χ4n) is 3.03. The average molecular weight is 297 g/mol. The first kappa shape index (κ1) is 18.3. The van der Waals surface area contributed by atoms with E-state index >= 15 is 0 Å². The Morgan fingerprint density at radius 1 is 1.33 bits per heavy atom. The fourth-order valence-corrected chi connectivity index (χ4v) is 3.03. The highest BCUT2D eigenvalue weighted by molar-refractivity contribution is 5.80. The Bertz CT molecular complexity index is 292. The molecule has 1 N–H and O–H groups in total. The molecule has 1 atom stereocenters. The zero-order valence-corrected chi connectivity index (χ0v) is 14.5. The summed E-state index contributed by atoms with van der Waals surface area (Å²) < 4.78 is 5.08. The third-order valence-electron chi connectivity index (χ3n) is 3.99. The van der Waals surface area contributed by atoms with Crippen LogP contribution < -0.4 is 5.32 Å². The molecule has 1 rings (SSSR count). The molecule has 1 aliphatic heterocycles. The quantitative estimate of drug-likeness (QED) is 0.403. The number of aliphatic imine (C=N–C) groups is 1. The zero-order valence-electron chi connectivity index (χ0n) is 14.5. The smallest absolute Gasteiger partial charge is 0.193 e. The van der Waals surface area contributed by atoms with Crippen LogP contribution in [0.25, 0.3) is 0 Å². The van der Waals surface area contributed by atoms with Gasteiger partial charge in [0.2, 0.25) is 0 Å². The van der Waals surface area contributed by atoms with E-state index in [0.717, 1.165) is 56.9 Å². The molecule has 0 spiro atoms. The maximum absolute atomic E-state index is 5.08. The van der Waals surface area contributed by atoms with Crippen LogP contribution >= 0.6 is 0 Å². The molecule has 4 heteroatoms. The normalized spacial score (nSPS) is 19.6. The van der Waals surface area contributed by atoms with E-state index in [1.807, 2.05) is 0 Å². The number of likely N-dealkylation sites (tertiary alicyclic amines) is 1. The second kappa shape index (κ2) is 10.9. The Labute approximate surface area is 131 Å². The molecule has 0 aromatic heterocycles. The number of unbranched alkanes of at least 4 members (excludes halogenated alkanes) is 2. The number of nitrogens with zero attached hydrogens (tertiary/aromatic N) is 2. The molecule has 0 aromatic rings. The standard InChI is InChI=1S/C17H35N3O/c1-5-18-17(19-10-7-6-8-12-21-4)20-11-9-16(14-20)13-15(2)3/h15-16H,5-14H2,1-4H3,(H,18,19). The van der Waals surface area contributed by atoms with Gasteiger partial charge in [-0.15, -0.1) is 0 Å². The van der Waals surface area contributed by atoms with E-state index < -0.39 is 0 Å². The van der Waals surface area contributed by atoms with Crippen molar-refractivity contribution in [3.05, 3.63) is 0 Å². The second-order valence-electron chi connectivity index (χ2n) is 6.52. The van der Waals surface area contributed by atoms with Crippen molar-refractivity contribution in [1.29, 1.82) is 0 Å². The van der Waals surface area contributed by atoms with Crippen LogP contribution in [-0.4, -0.2) is 50.8 Å². The van der Waals surface area contributed by atoms with E-state index in [-0.39, 0.29) is 0 Å². The molecule has 1 heterocycles. The third kappa shape index (κ3) is 7.70. The molecule has 0 aromatic carbocycles. The molecule has 124 valence electrons. The molecule has 0 radical (unpaired) electrons. The van der Waals surface area contributed by atoms with Gasteiger partial charge in [-0.3, -0.25) is 4.99 Å². The van der Waals surface area contributed by atoms with Crippen LogP contribution in [0.3, 0.4) is 0 Å². The van der Waals surface area contributed by atoms with Crippen LogP contribution in [0, 0.1) is 11.8 Å². The Balaban J connectivity index is 2.35. The number of rotatable bonds is 9. The Hall–Kier alpha value is -0.770. The minimum Gasteiger partial charge on any atom is -0.385 e. The van der Waals surface area contributed by atoms with Gasteiger partial charge in [0.15, 0.2) is 5.96 Å². The molecule has 0 bridgehead atoms. The first-order valence-corrected chi connectivity index (χ1v) is 8.69. The highest BCUT2D eigenvalue weighted by Crippen LogP contribution is 2.23. The van der Waals surface area contributed by atoms with Crippen molar-refractivity contribution < 1.29 is 4.74 Å². The summed E-state index contributed by atoms with van der Waals surface area (Å²) in [6.45, 7) is 11.9. The number of hydrogen-bond donors (Lipinski definition) is 1. The van der Waals surface area contributed by atoms with Gasteiger partial charge >= 0.3 is 0 Å². The van der Waals surface area contributed by atoms with Crippen molar-refractivity contribution in [1.82, 2.24) is 10.2 Å². The third-order valence-corrected chi connectivity index (χ3v) is 3.99. The number of methoxy groups -OCH3 is 1. The summed E-state index contributed by atoms with van der Waals surface area (Å²) >= 11 is 0. The Morgan fingerprint density at radius 3 is 2.81 bits per heavy atom. The fraction of sp³-hybridized carbons (Fsp3) is 0.941. The minimum absolute atomic E-state index is 0.801. The van der Waals surface area contributed by atoms with Crippen LogP contribution in [0.5, 0.6) is 0 Å². The number of guanidine groups is 1. The molecule has 4 nitrogen and oxygen atoms in total. The lowest BCUT2D eigenvalue weighted by Gasteiger charge is -2.22. The first-order chi connectivity index (χ1) is 10.2. The van der Waals surface area contributed by atoms with Crippen molar-refractivity contribution in [3.8, 4) is 0 Å². The molecular formula is C17H35N3O.